The van der Waals surface area contributed by atoms with Crippen LogP contribution in [0, 0.1) is 5.92 Å². The number of hydrogen-bond donors (Lipinski definition) is 1. The molecule has 192 valence electrons. The highest BCUT2D eigenvalue weighted by Gasteiger charge is 2.43. The van der Waals surface area contributed by atoms with Crippen molar-refractivity contribution in [2.24, 2.45) is 20.0 Å². The molecule has 13 nitrogen and oxygen atoms in total. The molecule has 37 heavy (non-hydrogen) atoms. The number of hydrogen-bond acceptors (Lipinski definition) is 9. The molecular formula is C22H22F2N10O3. The maximum Gasteiger partial charge on any atom is 0.332 e. The number of carbonyl (C=O) groups is 1. The summed E-state index contributed by atoms with van der Waals surface area (Å²) in [6.07, 6.45) is 5.74. The van der Waals surface area contributed by atoms with Crippen molar-refractivity contribution in [3.8, 4) is 11.4 Å². The molecule has 15 heteroatoms. The van der Waals surface area contributed by atoms with Gasteiger partial charge >= 0.3 is 5.69 Å². The molecule has 0 radical (unpaired) electrons. The first kappa shape index (κ1) is 24.1. The molecule has 0 bridgehead atoms. The van der Waals surface area contributed by atoms with Crippen molar-refractivity contribution in [1.29, 1.82) is 0 Å². The predicted molar refractivity (Wildman–Crippen MR) is 128 cm³/mol. The van der Waals surface area contributed by atoms with Gasteiger partial charge in [-0.25, -0.2) is 38.5 Å². The number of amides is 1. The Morgan fingerprint density at radius 3 is 2.49 bits per heavy atom. The highest BCUT2D eigenvalue weighted by atomic mass is 19.3. The minimum atomic E-state index is -2.74. The van der Waals surface area contributed by atoms with Crippen molar-refractivity contribution in [1.82, 2.24) is 38.6 Å². The summed E-state index contributed by atoms with van der Waals surface area (Å²) in [4.78, 5) is 60.0. The molecule has 0 aliphatic carbocycles. The molecule has 0 aromatic carbocycles. The van der Waals surface area contributed by atoms with Crippen LogP contribution in [0.4, 0.5) is 20.5 Å². The SMILES string of the molecule is Cn1c(=O)c2c(ncn2CC(=O)Nc2ccnc(-c3cnc(N4CC(C(C)(F)F)C4)nc3)n2)n(C)c1=O. The number of imidazole rings is 1. The maximum absolute atomic E-state index is 13.4. The Morgan fingerprint density at radius 2 is 1.81 bits per heavy atom. The van der Waals surface area contributed by atoms with Crippen LogP contribution in [0.1, 0.15) is 6.92 Å². The Kier molecular flexibility index (Phi) is 5.76. The van der Waals surface area contributed by atoms with E-state index in [2.05, 4.69) is 30.2 Å². The molecule has 1 fully saturated rings. The summed E-state index contributed by atoms with van der Waals surface area (Å²) < 4.78 is 30.3. The van der Waals surface area contributed by atoms with Crippen molar-refractivity contribution in [2.45, 2.75) is 19.4 Å². The number of alkyl halides is 2. The first-order valence-electron chi connectivity index (χ1n) is 11.2. The summed E-state index contributed by atoms with van der Waals surface area (Å²) in [7, 11) is 2.84. The predicted octanol–water partition coefficient (Wildman–Crippen LogP) is 0.411. The Labute approximate surface area is 207 Å². The zero-order valence-corrected chi connectivity index (χ0v) is 20.1. The van der Waals surface area contributed by atoms with E-state index in [4.69, 9.17) is 0 Å². The summed E-state index contributed by atoms with van der Waals surface area (Å²) in [5, 5.41) is 2.65. The van der Waals surface area contributed by atoms with Gasteiger partial charge in [0.2, 0.25) is 11.9 Å². The van der Waals surface area contributed by atoms with Gasteiger partial charge < -0.3 is 14.8 Å². The minimum Gasteiger partial charge on any atom is -0.340 e. The molecule has 0 unspecified atom stereocenters. The second kappa shape index (κ2) is 8.83. The molecule has 4 aromatic rings. The fourth-order valence-corrected chi connectivity index (χ4v) is 3.98. The zero-order valence-electron chi connectivity index (χ0n) is 20.1. The molecule has 5 rings (SSSR count). The van der Waals surface area contributed by atoms with Crippen molar-refractivity contribution in [3.05, 3.63) is 51.8 Å². The fraction of sp³-hybridized carbons (Fsp3) is 0.364. The summed E-state index contributed by atoms with van der Waals surface area (Å²) in [5.74, 6) is -3.15. The molecule has 0 saturated carbocycles. The van der Waals surface area contributed by atoms with Crippen LogP contribution in [0.3, 0.4) is 0 Å². The van der Waals surface area contributed by atoms with E-state index >= 15 is 0 Å². The lowest BCUT2D eigenvalue weighted by molar-refractivity contribution is -0.116. The number of anilines is 2. The van der Waals surface area contributed by atoms with Crippen LogP contribution in [-0.2, 0) is 25.4 Å². The van der Waals surface area contributed by atoms with Crippen molar-refractivity contribution >= 4 is 28.8 Å². The number of aromatic nitrogens is 8. The molecule has 0 atom stereocenters. The monoisotopic (exact) mass is 512 g/mol. The van der Waals surface area contributed by atoms with E-state index < -0.39 is 29.0 Å². The van der Waals surface area contributed by atoms with Gasteiger partial charge in [0.1, 0.15) is 12.4 Å². The van der Waals surface area contributed by atoms with Crippen molar-refractivity contribution < 1.29 is 13.6 Å². The van der Waals surface area contributed by atoms with Crippen LogP contribution in [-0.4, -0.2) is 63.5 Å². The lowest BCUT2D eigenvalue weighted by atomic mass is 9.94. The molecule has 1 amide bonds. The molecular weight excluding hydrogens is 490 g/mol. The zero-order chi connectivity index (χ0) is 26.5. The lowest BCUT2D eigenvalue weighted by Crippen LogP contribution is -2.54. The van der Waals surface area contributed by atoms with Crippen LogP contribution in [0.2, 0.25) is 0 Å². The van der Waals surface area contributed by atoms with E-state index in [-0.39, 0.29) is 42.4 Å². The summed E-state index contributed by atoms with van der Waals surface area (Å²) in [6, 6.07) is 1.50. The van der Waals surface area contributed by atoms with Gasteiger partial charge in [-0.3, -0.25) is 18.7 Å². The van der Waals surface area contributed by atoms with E-state index in [1.807, 2.05) is 0 Å². The standard InChI is InChI=1S/C22H22F2N10O3/c1-22(23,24)13-8-33(9-13)20-26-6-12(7-27-20)17-25-5-4-14(30-17)29-15(35)10-34-11-28-18-16(34)19(36)32(3)21(37)31(18)2/h4-7,11,13H,8-10H2,1-3H3,(H,25,29,30,35). The molecule has 1 N–H and O–H groups in total. The highest BCUT2D eigenvalue weighted by molar-refractivity contribution is 5.90. The fourth-order valence-electron chi connectivity index (χ4n) is 3.98. The Bertz CT molecular complexity index is 1620. The molecule has 1 aliphatic heterocycles. The maximum atomic E-state index is 13.4. The molecule has 1 aliphatic rings. The van der Waals surface area contributed by atoms with E-state index in [0.29, 0.717) is 11.5 Å². The Morgan fingerprint density at radius 1 is 1.11 bits per heavy atom. The third-order valence-corrected chi connectivity index (χ3v) is 6.23. The highest BCUT2D eigenvalue weighted by Crippen LogP contribution is 2.33. The average molecular weight is 512 g/mol. The number of carbonyl (C=O) groups excluding carboxylic acids is 1. The topological polar surface area (TPSA) is 146 Å². The summed E-state index contributed by atoms with van der Waals surface area (Å²) >= 11 is 0. The second-order valence-corrected chi connectivity index (χ2v) is 8.89. The molecule has 4 aromatic heterocycles. The van der Waals surface area contributed by atoms with E-state index in [9.17, 15) is 23.2 Å². The number of nitrogens with one attached hydrogen (secondary N) is 1. The third-order valence-electron chi connectivity index (χ3n) is 6.23. The molecule has 5 heterocycles. The van der Waals surface area contributed by atoms with Gasteiger partial charge in [-0.2, -0.15) is 0 Å². The van der Waals surface area contributed by atoms with Gasteiger partial charge in [-0.15, -0.1) is 0 Å². The number of aryl methyl sites for hydroxylation is 1. The van der Waals surface area contributed by atoms with Gasteiger partial charge in [-0.05, 0) is 13.0 Å². The van der Waals surface area contributed by atoms with Gasteiger partial charge in [0, 0.05) is 45.8 Å². The minimum absolute atomic E-state index is 0.122. The summed E-state index contributed by atoms with van der Waals surface area (Å²) in [6.45, 7) is 1.02. The largest absolute Gasteiger partial charge is 0.340 e. The van der Waals surface area contributed by atoms with Gasteiger partial charge in [0.05, 0.1) is 17.8 Å². The quantitative estimate of drug-likeness (QED) is 0.388. The smallest absolute Gasteiger partial charge is 0.332 e. The van der Waals surface area contributed by atoms with Crippen LogP contribution < -0.4 is 21.5 Å². The van der Waals surface area contributed by atoms with Gasteiger partial charge in [0.25, 0.3) is 11.5 Å². The Balaban J connectivity index is 1.29. The van der Waals surface area contributed by atoms with Crippen LogP contribution in [0.15, 0.2) is 40.6 Å². The van der Waals surface area contributed by atoms with Gasteiger partial charge in [-0.1, -0.05) is 0 Å². The van der Waals surface area contributed by atoms with E-state index in [0.717, 1.165) is 11.5 Å². The lowest BCUT2D eigenvalue weighted by Gasteiger charge is -2.41. The van der Waals surface area contributed by atoms with Gasteiger partial charge in [0.15, 0.2) is 17.0 Å². The number of halogens is 2. The van der Waals surface area contributed by atoms with Crippen LogP contribution >= 0.6 is 0 Å². The van der Waals surface area contributed by atoms with Crippen LogP contribution in [0.5, 0.6) is 0 Å². The average Bonchev–Trinajstić information content (AvgIpc) is 3.23. The second-order valence-electron chi connectivity index (χ2n) is 8.89. The van der Waals surface area contributed by atoms with E-state index in [1.54, 1.807) is 4.90 Å². The third kappa shape index (κ3) is 4.43. The van der Waals surface area contributed by atoms with E-state index in [1.165, 1.54) is 54.2 Å². The summed E-state index contributed by atoms with van der Waals surface area (Å²) in [5.41, 5.74) is -0.312. The number of rotatable bonds is 6. The molecule has 0 spiro atoms. The van der Waals surface area contributed by atoms with Crippen molar-refractivity contribution in [2.75, 3.05) is 23.3 Å². The molecule has 1 saturated heterocycles. The first-order valence-corrected chi connectivity index (χ1v) is 11.2. The number of nitrogens with zero attached hydrogens (tertiary/aromatic N) is 9. The van der Waals surface area contributed by atoms with Crippen molar-refractivity contribution in [3.63, 3.8) is 0 Å². The van der Waals surface area contributed by atoms with Crippen LogP contribution in [0.25, 0.3) is 22.6 Å². The Hall–Kier alpha value is -4.56. The first-order chi connectivity index (χ1) is 17.5. The normalized spacial score (nSPS) is 14.1. The number of fused-ring (bicyclic) bond motifs is 1.